The number of rotatable bonds is 5. The molecule has 1 fully saturated rings. The van der Waals surface area contributed by atoms with E-state index in [9.17, 15) is 28.0 Å². The highest BCUT2D eigenvalue weighted by molar-refractivity contribution is 6.43. The van der Waals surface area contributed by atoms with E-state index in [0.29, 0.717) is 5.56 Å². The zero-order chi connectivity index (χ0) is 26.6. The fraction of sp³-hybridized carbons (Fsp3) is 0.273. The lowest BCUT2D eigenvalue weighted by Crippen LogP contribution is -2.63. The molecule has 0 unspecified atom stereocenters. The zero-order valence-corrected chi connectivity index (χ0v) is 19.4. The van der Waals surface area contributed by atoms with Crippen LogP contribution in [0.2, 0.25) is 5.02 Å². The summed E-state index contributed by atoms with van der Waals surface area (Å²) in [4.78, 5) is 50.6. The molecular weight excluding hydrogens is 487 g/mol. The van der Waals surface area contributed by atoms with Crippen LogP contribution in [0, 0.1) is 0 Å². The van der Waals surface area contributed by atoms with Gasteiger partial charge in [0, 0.05) is 29.1 Å². The molecule has 36 heavy (non-hydrogen) atoms. The molecule has 2 aliphatic rings. The summed E-state index contributed by atoms with van der Waals surface area (Å²) in [5.74, 6) is -7.87. The normalized spacial score (nSPS) is 20.2. The molecule has 1 N–H and O–H groups in total. The number of halogens is 3. The number of imide groups is 1. The van der Waals surface area contributed by atoms with Crippen molar-refractivity contribution in [3.05, 3.63) is 69.7 Å². The second kappa shape index (κ2) is 8.80. The van der Waals surface area contributed by atoms with Crippen molar-refractivity contribution in [3.8, 4) is 0 Å². The summed E-state index contributed by atoms with van der Waals surface area (Å²) >= 11 is 5.72. The van der Waals surface area contributed by atoms with E-state index in [1.165, 1.54) is 30.3 Å². The maximum atomic E-state index is 14.9. The minimum absolute atomic E-state index is 0.0164. The molecule has 4 rings (SSSR count). The second-order valence-corrected chi connectivity index (χ2v) is 9.08. The van der Waals surface area contributed by atoms with Gasteiger partial charge in [-0.3, -0.25) is 24.5 Å². The molecule has 2 heterocycles. The first-order valence-electron chi connectivity index (χ1n) is 10.6. The van der Waals surface area contributed by atoms with Crippen LogP contribution in [0.4, 0.5) is 8.78 Å². The summed E-state index contributed by atoms with van der Waals surface area (Å²) in [5.41, 5.74) is -2.03. The Morgan fingerprint density at radius 2 is 1.69 bits per heavy atom. The highest BCUT2D eigenvalue weighted by Crippen LogP contribution is 2.37. The molecule has 1 saturated heterocycles. The number of fused-ring (bicyclic) bond motifs is 1. The van der Waals surface area contributed by atoms with E-state index >= 15 is 0 Å². The molecule has 0 bridgehead atoms. The number of nitrogens with zero attached hydrogens (tertiary/aromatic N) is 2. The topological polar surface area (TPSA) is 86.8 Å². The first-order valence-corrected chi connectivity index (χ1v) is 11.0. The monoisotopic (exact) mass is 501 g/mol. The average Bonchev–Trinajstić information content (AvgIpc) is 3.17. The number of carbonyl (C=O) groups is 4. The van der Waals surface area contributed by atoms with Crippen LogP contribution >= 0.6 is 11.6 Å². The lowest BCUT2D eigenvalue weighted by atomic mass is 9.55. The maximum absolute atomic E-state index is 14.9. The summed E-state index contributed by atoms with van der Waals surface area (Å²) in [6.45, 7) is -0.157. The lowest BCUT2D eigenvalue weighted by Gasteiger charge is -2.40. The van der Waals surface area contributed by atoms with Gasteiger partial charge >= 0.3 is 5.92 Å². The summed E-state index contributed by atoms with van der Waals surface area (Å²) in [7, 11) is 23.9. The number of hydrogen-bond donors (Lipinski definition) is 1. The Balaban J connectivity index is 1.60. The Bertz CT molecular complexity index is 1290. The number of alkyl halides is 2. The van der Waals surface area contributed by atoms with Crippen LogP contribution in [0.1, 0.15) is 39.9 Å². The Morgan fingerprint density at radius 3 is 2.31 bits per heavy atom. The Labute approximate surface area is 215 Å². The van der Waals surface area contributed by atoms with Gasteiger partial charge in [0.05, 0.1) is 21.1 Å². The quantitative estimate of drug-likeness (QED) is 0.485. The third kappa shape index (κ3) is 4.13. The van der Waals surface area contributed by atoms with Crippen molar-refractivity contribution < 1.29 is 28.0 Å². The fourth-order valence-corrected chi connectivity index (χ4v) is 4.23. The van der Waals surface area contributed by atoms with Crippen molar-refractivity contribution in [2.45, 2.75) is 36.1 Å². The van der Waals surface area contributed by atoms with E-state index < -0.39 is 45.9 Å². The van der Waals surface area contributed by atoms with E-state index in [0.717, 1.165) is 17.0 Å². The van der Waals surface area contributed by atoms with E-state index in [1.54, 1.807) is 0 Å². The number of benzene rings is 2. The van der Waals surface area contributed by atoms with E-state index in [2.05, 4.69) is 5.32 Å². The Kier molecular flexibility index (Phi) is 6.35. The van der Waals surface area contributed by atoms with Gasteiger partial charge in [0.1, 0.15) is 7.85 Å². The smallest absolute Gasteiger partial charge is 0.348 e. The van der Waals surface area contributed by atoms with E-state index in [4.69, 9.17) is 43.1 Å². The minimum atomic E-state index is -4.08. The van der Waals surface area contributed by atoms with Crippen LogP contribution in [0.3, 0.4) is 0 Å². The fourth-order valence-electron chi connectivity index (χ4n) is 4.11. The van der Waals surface area contributed by atoms with Crippen molar-refractivity contribution in [2.24, 2.45) is 0 Å². The molecule has 14 heteroatoms. The molecule has 0 spiro atoms. The summed E-state index contributed by atoms with van der Waals surface area (Å²) in [6.07, 6.45) is -0.152. The highest BCUT2D eigenvalue weighted by atomic mass is 35.5. The lowest BCUT2D eigenvalue weighted by molar-refractivity contribution is -0.155. The first-order chi connectivity index (χ1) is 16.7. The van der Waals surface area contributed by atoms with Gasteiger partial charge in [0.25, 0.3) is 11.8 Å². The predicted octanol–water partition coefficient (Wildman–Crippen LogP) is 0.749. The van der Waals surface area contributed by atoms with Gasteiger partial charge in [-0.15, -0.1) is 0 Å². The van der Waals surface area contributed by atoms with Crippen LogP contribution in [-0.4, -0.2) is 70.3 Å². The molecular formula is C22H14B4ClF2N3O4. The van der Waals surface area contributed by atoms with Gasteiger partial charge in [0.15, 0.2) is 0 Å². The number of nitrogens with one attached hydrogen (secondary N) is 1. The summed E-state index contributed by atoms with van der Waals surface area (Å²) in [6, 6.07) is 8.19. The second-order valence-electron chi connectivity index (χ2n) is 8.65. The number of hydrogen-bond acceptors (Lipinski definition) is 4. The van der Waals surface area contributed by atoms with Crippen LogP contribution < -0.4 is 5.32 Å². The van der Waals surface area contributed by atoms with Crippen molar-refractivity contribution >= 4 is 66.7 Å². The van der Waals surface area contributed by atoms with E-state index in [1.807, 2.05) is 0 Å². The molecule has 0 aromatic heterocycles. The van der Waals surface area contributed by atoms with Crippen molar-refractivity contribution in [2.75, 3.05) is 0 Å². The van der Waals surface area contributed by atoms with Crippen LogP contribution in [0.25, 0.3) is 0 Å². The van der Waals surface area contributed by atoms with Crippen LogP contribution in [0.15, 0.2) is 42.5 Å². The Morgan fingerprint density at radius 1 is 1.08 bits per heavy atom. The van der Waals surface area contributed by atoms with Gasteiger partial charge in [0.2, 0.25) is 19.8 Å². The first kappa shape index (κ1) is 26.0. The molecule has 2 aromatic rings. The van der Waals surface area contributed by atoms with Crippen molar-refractivity contribution in [1.82, 2.24) is 15.0 Å². The molecule has 0 saturated carbocycles. The van der Waals surface area contributed by atoms with Crippen LogP contribution in [0.5, 0.6) is 0 Å². The average molecular weight is 501 g/mol. The Hall–Kier alpha value is -3.07. The molecule has 8 radical (unpaired) electrons. The predicted molar refractivity (Wildman–Crippen MR) is 128 cm³/mol. The standard InChI is InChI=1S/C22H14B4ClF2N3O4/c23-20(8-7-16(33)30-18(20)35)31-10-11-9-13(3-6-15(11)17(31)34)22(24,25)32(26)19(36)21(28,29)12-1-4-14(27)5-2-12/h1-6,9H,7-8,10H2,(H,30,33,35)/t20-/m1/s1. The minimum Gasteiger partial charge on any atom is -0.398 e. The van der Waals surface area contributed by atoms with Crippen LogP contribution in [-0.2, 0) is 32.2 Å². The maximum Gasteiger partial charge on any atom is 0.348 e. The van der Waals surface area contributed by atoms with Gasteiger partial charge in [-0.2, -0.15) is 8.78 Å². The van der Waals surface area contributed by atoms with Crippen molar-refractivity contribution in [1.29, 1.82) is 0 Å². The summed E-state index contributed by atoms with van der Waals surface area (Å²) < 4.78 is 29.7. The van der Waals surface area contributed by atoms with Crippen molar-refractivity contribution in [3.63, 3.8) is 0 Å². The molecule has 0 aliphatic carbocycles. The molecule has 4 amide bonds. The van der Waals surface area contributed by atoms with Gasteiger partial charge in [-0.1, -0.05) is 35.9 Å². The number of carbonyl (C=O) groups excluding carboxylic acids is 4. The largest absolute Gasteiger partial charge is 0.398 e. The molecule has 2 aromatic carbocycles. The highest BCUT2D eigenvalue weighted by Gasteiger charge is 2.49. The SMILES string of the molecule is [B]N(C(=O)C(F)(F)c1ccc(Cl)cc1)C([B])([B])c1ccc2c(c1)CN([C@]1([B])CCC(=O)NC1=O)C2=O. The number of piperidine rings is 1. The number of amides is 4. The molecule has 174 valence electrons. The third-order valence-electron chi connectivity index (χ3n) is 6.33. The molecule has 1 atom stereocenters. The third-order valence-corrected chi connectivity index (χ3v) is 6.58. The van der Waals surface area contributed by atoms with Gasteiger partial charge < -0.3 is 9.71 Å². The van der Waals surface area contributed by atoms with Gasteiger partial charge in [-0.05, 0) is 41.1 Å². The van der Waals surface area contributed by atoms with Gasteiger partial charge in [-0.25, -0.2) is 0 Å². The summed E-state index contributed by atoms with van der Waals surface area (Å²) in [5, 5.41) is -0.106. The zero-order valence-electron chi connectivity index (χ0n) is 18.6. The van der Waals surface area contributed by atoms with E-state index in [-0.39, 0.29) is 40.3 Å². The molecule has 2 aliphatic heterocycles. The molecule has 7 nitrogen and oxygen atoms in total.